The first-order valence-corrected chi connectivity index (χ1v) is 5.22. The number of amides is 2. The second-order valence-corrected chi connectivity index (χ2v) is 4.42. The molecule has 3 nitrogen and oxygen atoms in total. The number of hydrogen-bond donors (Lipinski definition) is 2. The summed E-state index contributed by atoms with van der Waals surface area (Å²) in [5.74, 6) is 0.915. The van der Waals surface area contributed by atoms with Crippen LogP contribution in [0.1, 0.15) is 32.1 Å². The molecule has 0 aliphatic heterocycles. The second kappa shape index (κ2) is 3.20. The fraction of sp³-hybridized carbons (Fsp3) is 0.900. The van der Waals surface area contributed by atoms with Gasteiger partial charge in [0, 0.05) is 13.6 Å². The van der Waals surface area contributed by atoms with Crippen LogP contribution in [-0.4, -0.2) is 19.6 Å². The van der Waals surface area contributed by atoms with Gasteiger partial charge in [0.15, 0.2) is 0 Å². The Morgan fingerprint density at radius 3 is 2.54 bits per heavy atom. The number of hydrogen-bond acceptors (Lipinski definition) is 1. The van der Waals surface area contributed by atoms with Gasteiger partial charge in [0.2, 0.25) is 0 Å². The molecule has 0 unspecified atom stereocenters. The zero-order valence-corrected chi connectivity index (χ0v) is 8.23. The maximum Gasteiger partial charge on any atom is 0.314 e. The summed E-state index contributed by atoms with van der Waals surface area (Å²) in [6.07, 6.45) is 6.76. The van der Waals surface area contributed by atoms with Gasteiger partial charge in [-0.15, -0.1) is 0 Å². The smallest absolute Gasteiger partial charge is 0.314 e. The van der Waals surface area contributed by atoms with Crippen molar-refractivity contribution in [3.8, 4) is 0 Å². The number of urea groups is 1. The molecule has 0 spiro atoms. The molecule has 0 bridgehead atoms. The monoisotopic (exact) mass is 182 g/mol. The molecule has 2 rings (SSSR count). The Bertz CT molecular complexity index is 207. The van der Waals surface area contributed by atoms with Crippen LogP contribution in [0.5, 0.6) is 0 Å². The summed E-state index contributed by atoms with van der Waals surface area (Å²) in [6.45, 7) is 0.886. The van der Waals surface area contributed by atoms with Crippen LogP contribution in [-0.2, 0) is 0 Å². The quantitative estimate of drug-likeness (QED) is 0.682. The van der Waals surface area contributed by atoms with E-state index in [1.807, 2.05) is 0 Å². The molecule has 0 saturated heterocycles. The summed E-state index contributed by atoms with van der Waals surface area (Å²) in [7, 11) is 1.67. The minimum Gasteiger partial charge on any atom is -0.341 e. The van der Waals surface area contributed by atoms with Gasteiger partial charge in [0.25, 0.3) is 0 Å². The van der Waals surface area contributed by atoms with E-state index in [0.717, 1.165) is 12.5 Å². The first-order chi connectivity index (χ1) is 6.27. The molecule has 0 aromatic rings. The van der Waals surface area contributed by atoms with Gasteiger partial charge in [-0.05, 0) is 37.0 Å². The van der Waals surface area contributed by atoms with Crippen LogP contribution in [0.2, 0.25) is 0 Å². The normalized spacial score (nSPS) is 24.7. The van der Waals surface area contributed by atoms with Crippen molar-refractivity contribution in [2.45, 2.75) is 32.1 Å². The highest BCUT2D eigenvalue weighted by atomic mass is 16.2. The van der Waals surface area contributed by atoms with Crippen LogP contribution in [0.25, 0.3) is 0 Å². The Morgan fingerprint density at radius 1 is 1.46 bits per heavy atom. The van der Waals surface area contributed by atoms with E-state index in [-0.39, 0.29) is 6.03 Å². The van der Waals surface area contributed by atoms with Crippen molar-refractivity contribution in [2.24, 2.45) is 11.3 Å². The van der Waals surface area contributed by atoms with Gasteiger partial charge >= 0.3 is 6.03 Å². The Labute approximate surface area is 79.3 Å². The third kappa shape index (κ3) is 1.64. The van der Waals surface area contributed by atoms with E-state index in [2.05, 4.69) is 10.6 Å². The summed E-state index contributed by atoms with van der Waals surface area (Å²) in [5, 5.41) is 5.54. The lowest BCUT2D eigenvalue weighted by molar-refractivity contribution is 0.102. The zero-order valence-electron chi connectivity index (χ0n) is 8.23. The fourth-order valence-corrected chi connectivity index (χ4v) is 2.40. The summed E-state index contributed by atoms with van der Waals surface area (Å²) >= 11 is 0. The highest BCUT2D eigenvalue weighted by molar-refractivity contribution is 5.73. The van der Waals surface area contributed by atoms with Gasteiger partial charge in [-0.3, -0.25) is 0 Å². The lowest BCUT2D eigenvalue weighted by Gasteiger charge is -2.42. The molecule has 0 aromatic heterocycles. The molecule has 2 saturated carbocycles. The summed E-state index contributed by atoms with van der Waals surface area (Å²) in [4.78, 5) is 11.0. The van der Waals surface area contributed by atoms with E-state index < -0.39 is 0 Å². The molecule has 2 N–H and O–H groups in total. The molecule has 3 heteroatoms. The summed E-state index contributed by atoms with van der Waals surface area (Å²) < 4.78 is 0. The van der Waals surface area contributed by atoms with Crippen molar-refractivity contribution in [2.75, 3.05) is 13.6 Å². The Balaban J connectivity index is 1.80. The number of carbonyl (C=O) groups excluding carboxylic acids is 1. The minimum atomic E-state index is -0.0353. The van der Waals surface area contributed by atoms with Gasteiger partial charge in [0.1, 0.15) is 0 Å². The maximum atomic E-state index is 11.0. The summed E-state index contributed by atoms with van der Waals surface area (Å²) in [5.41, 5.74) is 0.493. The van der Waals surface area contributed by atoms with Crippen molar-refractivity contribution in [1.82, 2.24) is 10.6 Å². The van der Waals surface area contributed by atoms with Crippen molar-refractivity contribution in [3.05, 3.63) is 0 Å². The first-order valence-electron chi connectivity index (χ1n) is 5.22. The van der Waals surface area contributed by atoms with E-state index >= 15 is 0 Å². The molecule has 0 heterocycles. The lowest BCUT2D eigenvalue weighted by Crippen LogP contribution is -2.46. The number of carbonyl (C=O) groups is 1. The third-order valence-corrected chi connectivity index (χ3v) is 3.62. The molecule has 2 aliphatic rings. The largest absolute Gasteiger partial charge is 0.341 e. The third-order valence-electron chi connectivity index (χ3n) is 3.62. The SMILES string of the molecule is CNC(=O)NCC1(C2CC2)CCC1. The number of nitrogens with one attached hydrogen (secondary N) is 2. The highest BCUT2D eigenvalue weighted by Gasteiger charge is 2.48. The van der Waals surface area contributed by atoms with Gasteiger partial charge < -0.3 is 10.6 Å². The van der Waals surface area contributed by atoms with E-state index in [9.17, 15) is 4.79 Å². The zero-order chi connectivity index (χ0) is 9.31. The Kier molecular flexibility index (Phi) is 2.18. The predicted octanol–water partition coefficient (Wildman–Crippen LogP) is 1.50. The maximum absolute atomic E-state index is 11.0. The van der Waals surface area contributed by atoms with Crippen molar-refractivity contribution >= 4 is 6.03 Å². The number of rotatable bonds is 3. The van der Waals surface area contributed by atoms with Gasteiger partial charge in [0.05, 0.1) is 0 Å². The first kappa shape index (κ1) is 8.85. The molecule has 74 valence electrons. The lowest BCUT2D eigenvalue weighted by atomic mass is 9.65. The van der Waals surface area contributed by atoms with E-state index in [1.165, 1.54) is 32.1 Å². The molecule has 2 aliphatic carbocycles. The molecule has 2 amide bonds. The Hall–Kier alpha value is -0.730. The van der Waals surface area contributed by atoms with Crippen LogP contribution in [0.4, 0.5) is 4.79 Å². The van der Waals surface area contributed by atoms with E-state index in [0.29, 0.717) is 5.41 Å². The van der Waals surface area contributed by atoms with Crippen LogP contribution < -0.4 is 10.6 Å². The van der Waals surface area contributed by atoms with Gasteiger partial charge in [-0.1, -0.05) is 6.42 Å². The highest BCUT2D eigenvalue weighted by Crippen LogP contribution is 2.56. The van der Waals surface area contributed by atoms with E-state index in [4.69, 9.17) is 0 Å². The van der Waals surface area contributed by atoms with Crippen molar-refractivity contribution < 1.29 is 4.79 Å². The molecule has 13 heavy (non-hydrogen) atoms. The van der Waals surface area contributed by atoms with Crippen LogP contribution >= 0.6 is 0 Å². The molecule has 0 radical (unpaired) electrons. The van der Waals surface area contributed by atoms with Crippen molar-refractivity contribution in [1.29, 1.82) is 0 Å². The predicted molar refractivity (Wildman–Crippen MR) is 51.5 cm³/mol. The second-order valence-electron chi connectivity index (χ2n) is 4.42. The molecular formula is C10H18N2O. The van der Waals surface area contributed by atoms with Gasteiger partial charge in [-0.25, -0.2) is 4.79 Å². The fourth-order valence-electron chi connectivity index (χ4n) is 2.40. The topological polar surface area (TPSA) is 41.1 Å². The van der Waals surface area contributed by atoms with Crippen LogP contribution in [0.15, 0.2) is 0 Å². The minimum absolute atomic E-state index is 0.0353. The average molecular weight is 182 g/mol. The summed E-state index contributed by atoms with van der Waals surface area (Å²) in [6, 6.07) is -0.0353. The van der Waals surface area contributed by atoms with Crippen LogP contribution in [0, 0.1) is 11.3 Å². The molecule has 0 atom stereocenters. The average Bonchev–Trinajstić information content (AvgIpc) is 2.86. The Morgan fingerprint density at radius 2 is 2.15 bits per heavy atom. The standard InChI is InChI=1S/C10H18N2O/c1-11-9(13)12-7-10(5-2-6-10)8-3-4-8/h8H,2-7H2,1H3,(H2,11,12,13). The van der Waals surface area contributed by atoms with Crippen LogP contribution in [0.3, 0.4) is 0 Å². The molecule has 2 fully saturated rings. The molecule has 0 aromatic carbocycles. The van der Waals surface area contributed by atoms with E-state index in [1.54, 1.807) is 7.05 Å². The van der Waals surface area contributed by atoms with Crippen molar-refractivity contribution in [3.63, 3.8) is 0 Å². The van der Waals surface area contributed by atoms with Gasteiger partial charge in [-0.2, -0.15) is 0 Å². The molecular weight excluding hydrogens is 164 g/mol.